The molecule has 2 rings (SSSR count). The number of halogens is 4. The first-order chi connectivity index (χ1) is 9.41. The van der Waals surface area contributed by atoms with Gasteiger partial charge in [0.05, 0.1) is 12.8 Å². The van der Waals surface area contributed by atoms with Crippen molar-refractivity contribution in [3.63, 3.8) is 0 Å². The smallest absolute Gasteiger partial charge is 0.423 e. The molecule has 0 aliphatic carbocycles. The van der Waals surface area contributed by atoms with Crippen LogP contribution in [-0.2, 0) is 6.18 Å². The number of methoxy groups -OCH3 is 1. The molecule has 0 unspecified atom stereocenters. The van der Waals surface area contributed by atoms with Crippen LogP contribution >= 0.6 is 0 Å². The molecule has 1 aromatic carbocycles. The summed E-state index contributed by atoms with van der Waals surface area (Å²) in [6.07, 6.45) is -4.04. The highest BCUT2D eigenvalue weighted by atomic mass is 19.4. The molecule has 0 saturated carbocycles. The van der Waals surface area contributed by atoms with Gasteiger partial charge in [0.1, 0.15) is 11.4 Å². The van der Waals surface area contributed by atoms with E-state index in [0.29, 0.717) is 6.20 Å². The quantitative estimate of drug-likeness (QED) is 0.879. The van der Waals surface area contributed by atoms with Crippen molar-refractivity contribution >= 4 is 11.6 Å². The minimum atomic E-state index is -4.62. The van der Waals surface area contributed by atoms with Crippen molar-refractivity contribution in [2.75, 3.05) is 12.4 Å². The van der Waals surface area contributed by atoms with Gasteiger partial charge in [-0.3, -0.25) is 0 Å². The Hall–Kier alpha value is -2.38. The number of anilines is 2. The van der Waals surface area contributed by atoms with E-state index < -0.39 is 23.4 Å². The molecule has 4 nitrogen and oxygen atoms in total. The summed E-state index contributed by atoms with van der Waals surface area (Å²) in [5.41, 5.74) is -1.05. The van der Waals surface area contributed by atoms with E-state index in [2.05, 4.69) is 20.0 Å². The summed E-state index contributed by atoms with van der Waals surface area (Å²) < 4.78 is 55.8. The zero-order chi connectivity index (χ0) is 14.8. The van der Waals surface area contributed by atoms with E-state index in [0.717, 1.165) is 7.11 Å². The molecule has 2 aromatic rings. The number of aromatic nitrogens is 2. The minimum absolute atomic E-state index is 0.0503. The summed E-state index contributed by atoms with van der Waals surface area (Å²) in [7, 11) is 1.06. The fourth-order valence-corrected chi connectivity index (χ4v) is 1.46. The molecule has 0 saturated heterocycles. The zero-order valence-electron chi connectivity index (χ0n) is 10.2. The van der Waals surface area contributed by atoms with Gasteiger partial charge in [-0.25, -0.2) is 9.37 Å². The van der Waals surface area contributed by atoms with Crippen LogP contribution in [0.3, 0.4) is 0 Å². The second-order valence-corrected chi connectivity index (χ2v) is 3.72. The van der Waals surface area contributed by atoms with E-state index >= 15 is 0 Å². The molecule has 8 heteroatoms. The number of alkyl halides is 3. The maximum absolute atomic E-state index is 13.4. The summed E-state index contributed by atoms with van der Waals surface area (Å²) >= 11 is 0. The number of benzene rings is 1. The molecule has 0 aliphatic rings. The highest BCUT2D eigenvalue weighted by Gasteiger charge is 2.36. The van der Waals surface area contributed by atoms with Gasteiger partial charge in [0.2, 0.25) is 11.8 Å². The van der Waals surface area contributed by atoms with Crippen molar-refractivity contribution in [1.82, 2.24) is 9.97 Å². The van der Waals surface area contributed by atoms with E-state index in [9.17, 15) is 17.6 Å². The molecule has 0 amide bonds. The number of para-hydroxylation sites is 1. The third kappa shape index (κ3) is 2.95. The summed E-state index contributed by atoms with van der Waals surface area (Å²) in [5, 5.41) is 2.48. The van der Waals surface area contributed by atoms with Gasteiger partial charge in [-0.2, -0.15) is 18.2 Å². The topological polar surface area (TPSA) is 47.0 Å². The van der Waals surface area contributed by atoms with E-state index in [1.165, 1.54) is 18.2 Å². The lowest BCUT2D eigenvalue weighted by Crippen LogP contribution is -2.11. The van der Waals surface area contributed by atoms with Crippen molar-refractivity contribution in [2.45, 2.75) is 6.18 Å². The molecule has 1 N–H and O–H groups in total. The summed E-state index contributed by atoms with van der Waals surface area (Å²) in [6.45, 7) is 0. The van der Waals surface area contributed by atoms with Crippen LogP contribution in [0, 0.1) is 5.82 Å². The highest BCUT2D eigenvalue weighted by molar-refractivity contribution is 5.54. The van der Waals surface area contributed by atoms with Crippen molar-refractivity contribution < 1.29 is 22.3 Å². The molecule has 0 atom stereocenters. The van der Waals surface area contributed by atoms with Crippen LogP contribution in [0.4, 0.5) is 29.2 Å². The van der Waals surface area contributed by atoms with Crippen LogP contribution in [0.2, 0.25) is 0 Å². The van der Waals surface area contributed by atoms with Crippen molar-refractivity contribution in [1.29, 1.82) is 0 Å². The predicted molar refractivity (Wildman–Crippen MR) is 63.3 cm³/mol. The van der Waals surface area contributed by atoms with Crippen LogP contribution in [0.15, 0.2) is 30.5 Å². The fourth-order valence-electron chi connectivity index (χ4n) is 1.46. The summed E-state index contributed by atoms with van der Waals surface area (Å²) in [4.78, 5) is 7.06. The second kappa shape index (κ2) is 5.32. The lowest BCUT2D eigenvalue weighted by atomic mass is 10.3. The number of ether oxygens (including phenoxy) is 1. The molecule has 0 radical (unpaired) electrons. The molecular weight excluding hydrogens is 278 g/mol. The van der Waals surface area contributed by atoms with Gasteiger partial charge in [0, 0.05) is 6.20 Å². The maximum atomic E-state index is 13.4. The van der Waals surface area contributed by atoms with Crippen LogP contribution in [0.1, 0.15) is 5.56 Å². The Morgan fingerprint density at radius 3 is 2.50 bits per heavy atom. The normalized spacial score (nSPS) is 11.2. The van der Waals surface area contributed by atoms with E-state index in [4.69, 9.17) is 0 Å². The highest BCUT2D eigenvalue weighted by Crippen LogP contribution is 2.35. The van der Waals surface area contributed by atoms with E-state index in [1.807, 2.05) is 0 Å². The summed E-state index contributed by atoms with van der Waals surface area (Å²) in [6, 6.07) is 5.65. The monoisotopic (exact) mass is 287 g/mol. The molecule has 1 heterocycles. The van der Waals surface area contributed by atoms with Gasteiger partial charge in [0.25, 0.3) is 0 Å². The third-order valence-electron chi connectivity index (χ3n) is 2.37. The first-order valence-corrected chi connectivity index (χ1v) is 5.41. The minimum Gasteiger partial charge on any atom is -0.480 e. The maximum Gasteiger partial charge on any atom is 0.423 e. The third-order valence-corrected chi connectivity index (χ3v) is 2.37. The zero-order valence-corrected chi connectivity index (χ0v) is 10.2. The molecule has 20 heavy (non-hydrogen) atoms. The number of hydrogen-bond acceptors (Lipinski definition) is 4. The Morgan fingerprint density at radius 1 is 1.20 bits per heavy atom. The van der Waals surface area contributed by atoms with Gasteiger partial charge in [-0.05, 0) is 12.1 Å². The van der Waals surface area contributed by atoms with Crippen LogP contribution in [-0.4, -0.2) is 17.1 Å². The molecule has 0 fully saturated rings. The van der Waals surface area contributed by atoms with Gasteiger partial charge < -0.3 is 10.1 Å². The molecule has 0 bridgehead atoms. The van der Waals surface area contributed by atoms with Crippen LogP contribution < -0.4 is 10.1 Å². The number of rotatable bonds is 3. The SMILES string of the molecule is COc1nc(Nc2ccccc2F)ncc1C(F)(F)F. The Labute approximate surface area is 111 Å². The largest absolute Gasteiger partial charge is 0.480 e. The number of nitrogens with one attached hydrogen (secondary N) is 1. The van der Waals surface area contributed by atoms with Crippen LogP contribution in [0.5, 0.6) is 5.88 Å². The van der Waals surface area contributed by atoms with Crippen molar-refractivity contribution in [2.24, 2.45) is 0 Å². The Balaban J connectivity index is 2.33. The Kier molecular flexibility index (Phi) is 3.73. The second-order valence-electron chi connectivity index (χ2n) is 3.72. The number of nitrogens with zero attached hydrogens (tertiary/aromatic N) is 2. The van der Waals surface area contributed by atoms with Gasteiger partial charge in [0.15, 0.2) is 0 Å². The average Bonchev–Trinajstić information content (AvgIpc) is 2.40. The first-order valence-electron chi connectivity index (χ1n) is 5.41. The molecule has 106 valence electrons. The summed E-state index contributed by atoms with van der Waals surface area (Å²) in [5.74, 6) is -1.40. The van der Waals surface area contributed by atoms with Gasteiger partial charge >= 0.3 is 6.18 Å². The van der Waals surface area contributed by atoms with Crippen molar-refractivity contribution in [3.8, 4) is 5.88 Å². The molecule has 0 aliphatic heterocycles. The molecule has 1 aromatic heterocycles. The standard InChI is InChI=1S/C12H9F4N3O/c1-20-10-7(12(14,15)16)6-17-11(19-10)18-9-5-3-2-4-8(9)13/h2-6H,1H3,(H,17,18,19). The van der Waals surface area contributed by atoms with E-state index in [1.54, 1.807) is 6.07 Å². The lowest BCUT2D eigenvalue weighted by molar-refractivity contribution is -0.139. The molecular formula is C12H9F4N3O. The fraction of sp³-hybridized carbons (Fsp3) is 0.167. The number of hydrogen-bond donors (Lipinski definition) is 1. The van der Waals surface area contributed by atoms with E-state index in [-0.39, 0.29) is 11.6 Å². The Morgan fingerprint density at radius 2 is 1.90 bits per heavy atom. The molecule has 0 spiro atoms. The van der Waals surface area contributed by atoms with Crippen molar-refractivity contribution in [3.05, 3.63) is 41.8 Å². The Bertz CT molecular complexity index is 616. The first kappa shape index (κ1) is 14.0. The van der Waals surface area contributed by atoms with Gasteiger partial charge in [-0.15, -0.1) is 0 Å². The van der Waals surface area contributed by atoms with Crippen LogP contribution in [0.25, 0.3) is 0 Å². The lowest BCUT2D eigenvalue weighted by Gasteiger charge is -2.12. The van der Waals surface area contributed by atoms with Gasteiger partial charge in [-0.1, -0.05) is 12.1 Å². The predicted octanol–water partition coefficient (Wildman–Crippen LogP) is 3.39. The average molecular weight is 287 g/mol.